The van der Waals surface area contributed by atoms with E-state index in [1.54, 1.807) is 34.4 Å². The summed E-state index contributed by atoms with van der Waals surface area (Å²) < 4.78 is 24.8. The predicted molar refractivity (Wildman–Crippen MR) is 159 cm³/mol. The van der Waals surface area contributed by atoms with Crippen LogP contribution in [0.25, 0.3) is 10.1 Å². The molecule has 0 aliphatic carbocycles. The van der Waals surface area contributed by atoms with E-state index < -0.39 is 27.8 Å². The molecule has 0 saturated heterocycles. The van der Waals surface area contributed by atoms with Gasteiger partial charge in [0.25, 0.3) is 11.8 Å². The molecule has 8 nitrogen and oxygen atoms in total. The van der Waals surface area contributed by atoms with Crippen LogP contribution >= 0.6 is 34.5 Å². The molecule has 3 aromatic carbocycles. The number of nitrogens with zero attached hydrogens (tertiary/aromatic N) is 1. The molecular formula is C29H24Cl2N2O6S2. The monoisotopic (exact) mass is 630 g/mol. The van der Waals surface area contributed by atoms with Crippen molar-refractivity contribution in [2.45, 2.75) is 30.3 Å². The normalized spacial score (nSPS) is 14.0. The van der Waals surface area contributed by atoms with Crippen molar-refractivity contribution in [3.8, 4) is 0 Å². The lowest BCUT2D eigenvalue weighted by Gasteiger charge is -2.30. The minimum absolute atomic E-state index is 0.0313. The summed E-state index contributed by atoms with van der Waals surface area (Å²) in [6.07, 6.45) is 1.29. The average Bonchev–Trinajstić information content (AvgIpc) is 3.39. The summed E-state index contributed by atoms with van der Waals surface area (Å²) >= 11 is 14.7. The molecule has 1 aromatic heterocycles. The van der Waals surface area contributed by atoms with E-state index in [1.165, 1.54) is 18.2 Å². The number of hydrogen-bond acceptors (Lipinski definition) is 6. The Kier molecular flexibility index (Phi) is 8.11. The first-order chi connectivity index (χ1) is 19.4. The third kappa shape index (κ3) is 6.11. The fourth-order valence-corrected chi connectivity index (χ4v) is 7.16. The molecule has 1 aliphatic heterocycles. The quantitative estimate of drug-likeness (QED) is 0.288. The summed E-state index contributed by atoms with van der Waals surface area (Å²) in [5.74, 6) is -2.19. The van der Waals surface area contributed by atoms with Crippen LogP contribution in [-0.4, -0.2) is 55.1 Å². The lowest BCUT2D eigenvalue weighted by molar-refractivity contribution is -0.139. The smallest absolute Gasteiger partial charge is 0.326 e. The van der Waals surface area contributed by atoms with Crippen LogP contribution in [0.5, 0.6) is 0 Å². The highest BCUT2D eigenvalue weighted by molar-refractivity contribution is 7.90. The number of nitrogens with one attached hydrogen (secondary N) is 1. The SMILES string of the molecule is CS(=O)(=O)c1cccc(C[C@H](NC(=O)c2c(Cl)cc3c(c2Cl)CCN(C(=O)c2ccc4ccsc4c2)C3)C(=O)O)c1. The van der Waals surface area contributed by atoms with Gasteiger partial charge < -0.3 is 15.3 Å². The van der Waals surface area contributed by atoms with Gasteiger partial charge in [0, 0.05) is 36.0 Å². The van der Waals surface area contributed by atoms with E-state index >= 15 is 0 Å². The lowest BCUT2D eigenvalue weighted by Crippen LogP contribution is -2.42. The summed E-state index contributed by atoms with van der Waals surface area (Å²) in [5.41, 5.74) is 2.34. The van der Waals surface area contributed by atoms with Crippen molar-refractivity contribution in [1.29, 1.82) is 0 Å². The lowest BCUT2D eigenvalue weighted by atomic mass is 9.95. The highest BCUT2D eigenvalue weighted by Crippen LogP contribution is 2.35. The maximum Gasteiger partial charge on any atom is 0.326 e. The van der Waals surface area contributed by atoms with Crippen LogP contribution in [-0.2, 0) is 34.0 Å². The van der Waals surface area contributed by atoms with Crippen molar-refractivity contribution in [2.24, 2.45) is 0 Å². The third-order valence-electron chi connectivity index (χ3n) is 6.99. The Morgan fingerprint density at radius 3 is 2.61 bits per heavy atom. The van der Waals surface area contributed by atoms with E-state index in [0.29, 0.717) is 35.2 Å². The maximum absolute atomic E-state index is 13.2. The van der Waals surface area contributed by atoms with Crippen molar-refractivity contribution in [2.75, 3.05) is 12.8 Å². The van der Waals surface area contributed by atoms with Crippen molar-refractivity contribution in [3.05, 3.63) is 97.8 Å². The molecular weight excluding hydrogens is 607 g/mol. The second-order valence-electron chi connectivity index (χ2n) is 9.82. The summed E-state index contributed by atoms with van der Waals surface area (Å²) in [5, 5.41) is 15.4. The summed E-state index contributed by atoms with van der Waals surface area (Å²) in [7, 11) is -3.49. The number of hydrogen-bond donors (Lipinski definition) is 2. The zero-order valence-electron chi connectivity index (χ0n) is 21.7. The third-order valence-corrected chi connectivity index (χ3v) is 9.70. The second kappa shape index (κ2) is 11.4. The molecule has 1 aliphatic rings. The molecule has 41 heavy (non-hydrogen) atoms. The Morgan fingerprint density at radius 2 is 1.88 bits per heavy atom. The molecule has 4 aromatic rings. The topological polar surface area (TPSA) is 121 Å². The first-order valence-electron chi connectivity index (χ1n) is 12.5. The number of thiophene rings is 1. The van der Waals surface area contributed by atoms with E-state index in [9.17, 15) is 27.9 Å². The number of carbonyl (C=O) groups is 3. The van der Waals surface area contributed by atoms with Gasteiger partial charge in [-0.2, -0.15) is 0 Å². The minimum atomic E-state index is -3.49. The van der Waals surface area contributed by atoms with Crippen molar-refractivity contribution in [3.63, 3.8) is 0 Å². The minimum Gasteiger partial charge on any atom is -0.480 e. The van der Waals surface area contributed by atoms with Crippen LogP contribution in [0.3, 0.4) is 0 Å². The summed E-state index contributed by atoms with van der Waals surface area (Å²) in [6, 6.07) is 13.7. The predicted octanol–water partition coefficient (Wildman–Crippen LogP) is 5.24. The van der Waals surface area contributed by atoms with Crippen molar-refractivity contribution < 1.29 is 27.9 Å². The van der Waals surface area contributed by atoms with E-state index in [0.717, 1.165) is 16.3 Å². The Morgan fingerprint density at radius 1 is 1.10 bits per heavy atom. The molecule has 0 spiro atoms. The fraction of sp³-hybridized carbons (Fsp3) is 0.207. The molecule has 1 atom stereocenters. The van der Waals surface area contributed by atoms with Gasteiger partial charge in [0.1, 0.15) is 6.04 Å². The summed E-state index contributed by atoms with van der Waals surface area (Å²) in [6.45, 7) is 0.636. The van der Waals surface area contributed by atoms with E-state index in [-0.39, 0.29) is 39.4 Å². The van der Waals surface area contributed by atoms with Crippen LogP contribution in [0.15, 0.2) is 64.9 Å². The molecule has 2 amide bonds. The Balaban J connectivity index is 1.35. The zero-order valence-corrected chi connectivity index (χ0v) is 24.8. The molecule has 0 saturated carbocycles. The number of sulfone groups is 1. The Hall–Kier alpha value is -3.44. The molecule has 2 heterocycles. The van der Waals surface area contributed by atoms with Gasteiger partial charge in [-0.1, -0.05) is 41.4 Å². The number of carboxylic acids is 1. The van der Waals surface area contributed by atoms with Gasteiger partial charge in [-0.25, -0.2) is 13.2 Å². The van der Waals surface area contributed by atoms with Crippen LogP contribution in [0.2, 0.25) is 10.0 Å². The van der Waals surface area contributed by atoms with Gasteiger partial charge in [-0.05, 0) is 70.3 Å². The van der Waals surface area contributed by atoms with Gasteiger partial charge in [-0.15, -0.1) is 11.3 Å². The van der Waals surface area contributed by atoms with Gasteiger partial charge in [0.05, 0.1) is 20.5 Å². The highest BCUT2D eigenvalue weighted by Gasteiger charge is 2.30. The fourth-order valence-electron chi connectivity index (χ4n) is 4.87. The molecule has 0 unspecified atom stereocenters. The first kappa shape index (κ1) is 29.1. The summed E-state index contributed by atoms with van der Waals surface area (Å²) in [4.78, 5) is 40.2. The van der Waals surface area contributed by atoms with E-state index in [2.05, 4.69) is 5.32 Å². The Labute approximate surface area is 250 Å². The van der Waals surface area contributed by atoms with Gasteiger partial charge in [0.2, 0.25) is 0 Å². The molecule has 0 radical (unpaired) electrons. The highest BCUT2D eigenvalue weighted by atomic mass is 35.5. The standard InChI is InChI=1S/C29H24Cl2N2O6S2/c1-41(38,39)20-4-2-3-16(11-20)12-23(29(36)37)32-27(34)25-22(30)13-19-15-33(9-7-21(19)26(25)31)28(35)18-6-5-17-8-10-40-24(17)14-18/h2-6,8,10-11,13-14,23H,7,9,12,15H2,1H3,(H,32,34)(H,36,37)/t23-/m0/s1. The van der Waals surface area contributed by atoms with Crippen LogP contribution in [0.4, 0.5) is 0 Å². The largest absolute Gasteiger partial charge is 0.480 e. The zero-order chi connectivity index (χ0) is 29.5. The number of rotatable bonds is 7. The number of halogens is 2. The molecule has 5 rings (SSSR count). The van der Waals surface area contributed by atoms with Crippen LogP contribution < -0.4 is 5.32 Å². The number of fused-ring (bicyclic) bond motifs is 2. The van der Waals surface area contributed by atoms with Gasteiger partial charge in [-0.3, -0.25) is 9.59 Å². The number of carbonyl (C=O) groups excluding carboxylic acids is 2. The molecule has 212 valence electrons. The maximum atomic E-state index is 13.2. The number of amides is 2. The molecule has 0 bridgehead atoms. The average molecular weight is 632 g/mol. The molecule has 12 heteroatoms. The first-order valence-corrected chi connectivity index (χ1v) is 16.0. The Bertz CT molecular complexity index is 1820. The number of aliphatic carboxylic acids is 1. The molecule has 0 fully saturated rings. The van der Waals surface area contributed by atoms with Crippen LogP contribution in [0.1, 0.15) is 37.4 Å². The van der Waals surface area contributed by atoms with Crippen molar-refractivity contribution in [1.82, 2.24) is 10.2 Å². The van der Waals surface area contributed by atoms with Gasteiger partial charge >= 0.3 is 5.97 Å². The number of benzene rings is 3. The van der Waals surface area contributed by atoms with Crippen molar-refractivity contribution >= 4 is 72.2 Å². The van der Waals surface area contributed by atoms with E-state index in [4.69, 9.17) is 23.2 Å². The molecule has 2 N–H and O–H groups in total. The van der Waals surface area contributed by atoms with Crippen LogP contribution in [0, 0.1) is 0 Å². The van der Waals surface area contributed by atoms with Gasteiger partial charge in [0.15, 0.2) is 9.84 Å². The van der Waals surface area contributed by atoms with E-state index in [1.807, 2.05) is 23.6 Å². The second-order valence-corrected chi connectivity index (χ2v) is 13.6. The number of carboxylic acid groups (broad SMARTS) is 1.